The van der Waals surface area contributed by atoms with Crippen LogP contribution in [-0.2, 0) is 11.2 Å². The fraction of sp³-hybridized carbons (Fsp3) is 0.250. The standard InChI is InChI=1S/C20H20FN3OS2/c1-20(2,3)15-10-8-13(9-11-15)17(25)22-18-23-24-19(27-18)26-12-14-6-4-5-7-16(14)21/h4-11H,12H2,1-3H3,(H,22,23,25). The first-order chi connectivity index (χ1) is 12.8. The van der Waals surface area contributed by atoms with E-state index in [1.807, 2.05) is 24.3 Å². The van der Waals surface area contributed by atoms with Crippen molar-refractivity contribution in [2.45, 2.75) is 36.3 Å². The van der Waals surface area contributed by atoms with E-state index in [2.05, 4.69) is 36.3 Å². The number of benzene rings is 2. The van der Waals surface area contributed by atoms with Crippen LogP contribution in [0.2, 0.25) is 0 Å². The SMILES string of the molecule is CC(C)(C)c1ccc(C(=O)Nc2nnc(SCc3ccccc3F)s2)cc1. The summed E-state index contributed by atoms with van der Waals surface area (Å²) < 4.78 is 14.3. The predicted molar refractivity (Wildman–Crippen MR) is 109 cm³/mol. The molecular weight excluding hydrogens is 381 g/mol. The van der Waals surface area contributed by atoms with Crippen molar-refractivity contribution in [3.05, 3.63) is 71.0 Å². The molecule has 140 valence electrons. The van der Waals surface area contributed by atoms with Crippen LogP contribution in [0.25, 0.3) is 0 Å². The number of nitrogens with one attached hydrogen (secondary N) is 1. The summed E-state index contributed by atoms with van der Waals surface area (Å²) in [5, 5.41) is 11.2. The van der Waals surface area contributed by atoms with Gasteiger partial charge < -0.3 is 0 Å². The van der Waals surface area contributed by atoms with E-state index in [-0.39, 0.29) is 17.1 Å². The second-order valence-electron chi connectivity index (χ2n) is 7.03. The van der Waals surface area contributed by atoms with Crippen molar-refractivity contribution in [2.75, 3.05) is 5.32 Å². The summed E-state index contributed by atoms with van der Waals surface area (Å²) in [6.45, 7) is 6.39. The lowest BCUT2D eigenvalue weighted by molar-refractivity contribution is 0.102. The number of nitrogens with zero attached hydrogens (tertiary/aromatic N) is 2. The summed E-state index contributed by atoms with van der Waals surface area (Å²) in [4.78, 5) is 12.4. The number of rotatable bonds is 5. The molecule has 1 heterocycles. The molecule has 1 N–H and O–H groups in total. The third kappa shape index (κ3) is 5.14. The minimum absolute atomic E-state index is 0.0403. The molecule has 0 spiro atoms. The van der Waals surface area contributed by atoms with Gasteiger partial charge in [-0.25, -0.2) is 4.39 Å². The van der Waals surface area contributed by atoms with E-state index in [1.54, 1.807) is 18.2 Å². The van der Waals surface area contributed by atoms with Crippen molar-refractivity contribution in [3.63, 3.8) is 0 Å². The quantitative estimate of drug-likeness (QED) is 0.452. The van der Waals surface area contributed by atoms with Gasteiger partial charge in [0.1, 0.15) is 5.82 Å². The van der Waals surface area contributed by atoms with E-state index in [9.17, 15) is 9.18 Å². The lowest BCUT2D eigenvalue weighted by atomic mass is 9.87. The fourth-order valence-corrected chi connectivity index (χ4v) is 4.10. The molecule has 3 rings (SSSR count). The molecule has 0 aliphatic rings. The van der Waals surface area contributed by atoms with Crippen LogP contribution in [-0.4, -0.2) is 16.1 Å². The highest BCUT2D eigenvalue weighted by Gasteiger charge is 2.15. The Morgan fingerprint density at radius 3 is 2.48 bits per heavy atom. The van der Waals surface area contributed by atoms with Gasteiger partial charge in [-0.05, 0) is 34.7 Å². The Kier molecular flexibility index (Phi) is 5.92. The van der Waals surface area contributed by atoms with Gasteiger partial charge in [-0.2, -0.15) is 0 Å². The van der Waals surface area contributed by atoms with E-state index in [0.717, 1.165) is 0 Å². The van der Waals surface area contributed by atoms with E-state index in [4.69, 9.17) is 0 Å². The molecule has 0 saturated carbocycles. The Labute approximate surface area is 166 Å². The third-order valence-electron chi connectivity index (χ3n) is 3.95. The Morgan fingerprint density at radius 1 is 1.11 bits per heavy atom. The van der Waals surface area contributed by atoms with Gasteiger partial charge in [0.25, 0.3) is 5.91 Å². The Balaban J connectivity index is 1.60. The lowest BCUT2D eigenvalue weighted by Crippen LogP contribution is -2.14. The van der Waals surface area contributed by atoms with Gasteiger partial charge in [0.15, 0.2) is 4.34 Å². The fourth-order valence-electron chi connectivity index (χ4n) is 2.36. The van der Waals surface area contributed by atoms with Crippen molar-refractivity contribution >= 4 is 34.1 Å². The minimum Gasteiger partial charge on any atom is -0.296 e. The van der Waals surface area contributed by atoms with E-state index < -0.39 is 0 Å². The van der Waals surface area contributed by atoms with Crippen molar-refractivity contribution < 1.29 is 9.18 Å². The second kappa shape index (κ2) is 8.19. The molecular formula is C20H20FN3OS2. The first-order valence-electron chi connectivity index (χ1n) is 8.44. The molecule has 0 saturated heterocycles. The monoisotopic (exact) mass is 401 g/mol. The number of carbonyl (C=O) groups is 1. The first-order valence-corrected chi connectivity index (χ1v) is 10.2. The number of amides is 1. The molecule has 4 nitrogen and oxygen atoms in total. The zero-order valence-corrected chi connectivity index (χ0v) is 17.0. The predicted octanol–water partition coefficient (Wildman–Crippen LogP) is 5.52. The van der Waals surface area contributed by atoms with E-state index in [0.29, 0.717) is 26.4 Å². The van der Waals surface area contributed by atoms with Crippen LogP contribution in [0.1, 0.15) is 42.3 Å². The molecule has 0 aliphatic carbocycles. The zero-order valence-electron chi connectivity index (χ0n) is 15.3. The summed E-state index contributed by atoms with van der Waals surface area (Å²) in [6, 6.07) is 14.2. The number of halogens is 1. The zero-order chi connectivity index (χ0) is 19.4. The molecule has 0 radical (unpaired) electrons. The van der Waals surface area contributed by atoms with Gasteiger partial charge in [0, 0.05) is 11.3 Å². The average Bonchev–Trinajstić information content (AvgIpc) is 3.08. The van der Waals surface area contributed by atoms with Gasteiger partial charge in [-0.15, -0.1) is 10.2 Å². The van der Waals surface area contributed by atoms with Crippen molar-refractivity contribution in [1.82, 2.24) is 10.2 Å². The molecule has 0 atom stereocenters. The third-order valence-corrected chi connectivity index (χ3v) is 5.97. The maximum atomic E-state index is 13.7. The number of hydrogen-bond donors (Lipinski definition) is 1. The van der Waals surface area contributed by atoms with Crippen LogP contribution in [0, 0.1) is 5.82 Å². The van der Waals surface area contributed by atoms with Gasteiger partial charge in [-0.1, -0.05) is 74.2 Å². The van der Waals surface area contributed by atoms with Gasteiger partial charge in [0.2, 0.25) is 5.13 Å². The van der Waals surface area contributed by atoms with Crippen LogP contribution in [0.3, 0.4) is 0 Å². The second-order valence-corrected chi connectivity index (χ2v) is 9.23. The van der Waals surface area contributed by atoms with Crippen molar-refractivity contribution in [3.8, 4) is 0 Å². The average molecular weight is 402 g/mol. The molecule has 0 aliphatic heterocycles. The Morgan fingerprint density at radius 2 is 1.81 bits per heavy atom. The summed E-state index contributed by atoms with van der Waals surface area (Å²) in [6.07, 6.45) is 0. The smallest absolute Gasteiger partial charge is 0.257 e. The van der Waals surface area contributed by atoms with Crippen LogP contribution in [0.15, 0.2) is 52.9 Å². The molecule has 0 unspecified atom stereocenters. The summed E-state index contributed by atoms with van der Waals surface area (Å²) in [5.74, 6) is 0.00257. The lowest BCUT2D eigenvalue weighted by Gasteiger charge is -2.18. The van der Waals surface area contributed by atoms with Gasteiger partial charge >= 0.3 is 0 Å². The molecule has 3 aromatic rings. The van der Waals surface area contributed by atoms with Crippen LogP contribution >= 0.6 is 23.1 Å². The number of carbonyl (C=O) groups excluding carboxylic acids is 1. The number of anilines is 1. The molecule has 27 heavy (non-hydrogen) atoms. The minimum atomic E-state index is -0.234. The molecule has 2 aromatic carbocycles. The van der Waals surface area contributed by atoms with E-state index in [1.165, 1.54) is 34.7 Å². The summed E-state index contributed by atoms with van der Waals surface area (Å²) in [7, 11) is 0. The van der Waals surface area contributed by atoms with Crippen LogP contribution in [0.4, 0.5) is 9.52 Å². The van der Waals surface area contributed by atoms with Crippen molar-refractivity contribution in [2.24, 2.45) is 0 Å². The maximum Gasteiger partial charge on any atom is 0.257 e. The Hall–Kier alpha value is -2.25. The summed E-state index contributed by atoms with van der Waals surface area (Å²) >= 11 is 2.66. The highest BCUT2D eigenvalue weighted by molar-refractivity contribution is 8.00. The van der Waals surface area contributed by atoms with Crippen molar-refractivity contribution in [1.29, 1.82) is 0 Å². The largest absolute Gasteiger partial charge is 0.296 e. The van der Waals surface area contributed by atoms with Gasteiger partial charge in [-0.3, -0.25) is 10.1 Å². The van der Waals surface area contributed by atoms with Gasteiger partial charge in [0.05, 0.1) is 0 Å². The molecule has 1 amide bonds. The van der Waals surface area contributed by atoms with Crippen LogP contribution < -0.4 is 5.32 Å². The number of aromatic nitrogens is 2. The highest BCUT2D eigenvalue weighted by Crippen LogP contribution is 2.29. The first kappa shape index (κ1) is 19.5. The number of hydrogen-bond acceptors (Lipinski definition) is 5. The molecule has 0 bridgehead atoms. The molecule has 7 heteroatoms. The number of thioether (sulfide) groups is 1. The topological polar surface area (TPSA) is 54.9 Å². The van der Waals surface area contributed by atoms with Crippen LogP contribution in [0.5, 0.6) is 0 Å². The summed E-state index contributed by atoms with van der Waals surface area (Å²) in [5.41, 5.74) is 2.39. The van der Waals surface area contributed by atoms with E-state index >= 15 is 0 Å². The molecule has 0 fully saturated rings. The maximum absolute atomic E-state index is 13.7. The molecule has 1 aromatic heterocycles. The normalized spacial score (nSPS) is 11.4. The Bertz CT molecular complexity index is 933. The highest BCUT2D eigenvalue weighted by atomic mass is 32.2.